The number of thiophene rings is 1. The molecule has 162 valence electrons. The van der Waals surface area contributed by atoms with Crippen molar-refractivity contribution < 1.29 is 4.79 Å². The van der Waals surface area contributed by atoms with E-state index in [9.17, 15) is 9.59 Å². The molecule has 1 aliphatic heterocycles. The molecule has 0 unspecified atom stereocenters. The van der Waals surface area contributed by atoms with Crippen molar-refractivity contribution >= 4 is 45.0 Å². The van der Waals surface area contributed by atoms with E-state index in [1.165, 1.54) is 28.6 Å². The predicted molar refractivity (Wildman–Crippen MR) is 126 cm³/mol. The summed E-state index contributed by atoms with van der Waals surface area (Å²) in [6.45, 7) is 3.00. The SMILES string of the molecule is O=C(CSCc1nc2sc3c(c2c(=O)[nH]1)CCCC3)N1CCN(c2ccccn2)CC1. The lowest BCUT2D eigenvalue weighted by Crippen LogP contribution is -2.49. The van der Waals surface area contributed by atoms with Gasteiger partial charge in [0, 0.05) is 37.3 Å². The van der Waals surface area contributed by atoms with Gasteiger partial charge in [0.25, 0.3) is 5.56 Å². The first kappa shape index (κ1) is 20.5. The van der Waals surface area contributed by atoms with Gasteiger partial charge in [0.15, 0.2) is 0 Å². The molecule has 3 aromatic heterocycles. The number of pyridine rings is 1. The Labute approximate surface area is 188 Å². The van der Waals surface area contributed by atoms with Gasteiger partial charge in [-0.2, -0.15) is 0 Å². The Kier molecular flexibility index (Phi) is 5.95. The lowest BCUT2D eigenvalue weighted by molar-refractivity contribution is -0.128. The molecule has 1 fully saturated rings. The normalized spacial score (nSPS) is 16.5. The van der Waals surface area contributed by atoms with E-state index in [2.05, 4.69) is 14.9 Å². The molecule has 31 heavy (non-hydrogen) atoms. The third-order valence-corrected chi connectivity index (χ3v) is 8.06. The molecule has 0 aromatic carbocycles. The van der Waals surface area contributed by atoms with Gasteiger partial charge in [-0.15, -0.1) is 23.1 Å². The number of hydrogen-bond donors (Lipinski definition) is 1. The number of carbonyl (C=O) groups excluding carboxylic acids is 1. The van der Waals surface area contributed by atoms with E-state index in [1.54, 1.807) is 17.5 Å². The zero-order valence-electron chi connectivity index (χ0n) is 17.3. The van der Waals surface area contributed by atoms with Crippen LogP contribution >= 0.6 is 23.1 Å². The molecule has 1 aliphatic carbocycles. The Morgan fingerprint density at radius 1 is 1.16 bits per heavy atom. The number of nitrogens with one attached hydrogen (secondary N) is 1. The van der Waals surface area contributed by atoms with Crippen LogP contribution in [0, 0.1) is 0 Å². The summed E-state index contributed by atoms with van der Waals surface area (Å²) >= 11 is 3.18. The highest BCUT2D eigenvalue weighted by molar-refractivity contribution is 7.99. The second kappa shape index (κ2) is 9.00. The number of anilines is 1. The molecule has 3 aromatic rings. The quantitative estimate of drug-likeness (QED) is 0.637. The van der Waals surface area contributed by atoms with Crippen LogP contribution in [-0.2, 0) is 23.4 Å². The average Bonchev–Trinajstić information content (AvgIpc) is 3.18. The van der Waals surface area contributed by atoms with Gasteiger partial charge in [-0.25, -0.2) is 9.97 Å². The summed E-state index contributed by atoms with van der Waals surface area (Å²) < 4.78 is 0. The van der Waals surface area contributed by atoms with Gasteiger partial charge in [0.2, 0.25) is 5.91 Å². The standard InChI is InChI=1S/C22H25N5O2S2/c28-19(27-11-9-26(10-12-27)18-7-3-4-8-23-18)14-30-13-17-24-21(29)20-15-5-1-2-6-16(15)31-22(20)25-17/h3-4,7-8H,1-2,5-6,9-14H2,(H,24,25,29). The van der Waals surface area contributed by atoms with Gasteiger partial charge in [0.1, 0.15) is 16.5 Å². The third kappa shape index (κ3) is 4.34. The summed E-state index contributed by atoms with van der Waals surface area (Å²) in [7, 11) is 0. The number of nitrogens with zero attached hydrogens (tertiary/aromatic N) is 4. The number of piperazine rings is 1. The minimum Gasteiger partial charge on any atom is -0.353 e. The van der Waals surface area contributed by atoms with E-state index in [0.717, 1.165) is 48.4 Å². The number of aromatic amines is 1. The van der Waals surface area contributed by atoms with Crippen molar-refractivity contribution in [1.82, 2.24) is 19.9 Å². The highest BCUT2D eigenvalue weighted by Gasteiger charge is 2.22. The lowest BCUT2D eigenvalue weighted by Gasteiger charge is -2.35. The molecule has 7 nitrogen and oxygen atoms in total. The van der Waals surface area contributed by atoms with Gasteiger partial charge in [-0.3, -0.25) is 9.59 Å². The zero-order chi connectivity index (χ0) is 21.2. The molecule has 2 aliphatic rings. The van der Waals surface area contributed by atoms with Crippen LogP contribution in [-0.4, -0.2) is 57.7 Å². The highest BCUT2D eigenvalue weighted by atomic mass is 32.2. The number of carbonyl (C=O) groups is 1. The van der Waals surface area contributed by atoms with Crippen LogP contribution in [0.15, 0.2) is 29.2 Å². The van der Waals surface area contributed by atoms with Crippen molar-refractivity contribution in [2.45, 2.75) is 31.4 Å². The van der Waals surface area contributed by atoms with E-state index in [4.69, 9.17) is 4.98 Å². The molecule has 1 saturated heterocycles. The van der Waals surface area contributed by atoms with Crippen LogP contribution < -0.4 is 10.5 Å². The number of fused-ring (bicyclic) bond motifs is 3. The summed E-state index contributed by atoms with van der Waals surface area (Å²) in [6.07, 6.45) is 6.18. The number of aromatic nitrogens is 3. The van der Waals surface area contributed by atoms with Crippen molar-refractivity contribution in [2.75, 3.05) is 36.8 Å². The summed E-state index contributed by atoms with van der Waals surface area (Å²) in [5.74, 6) is 2.69. The topological polar surface area (TPSA) is 82.2 Å². The number of H-pyrrole nitrogens is 1. The molecule has 0 spiro atoms. The van der Waals surface area contributed by atoms with Crippen molar-refractivity contribution in [3.8, 4) is 0 Å². The maximum atomic E-state index is 12.6. The Balaban J connectivity index is 1.16. The molecule has 1 N–H and O–H groups in total. The molecule has 4 heterocycles. The molecule has 1 amide bonds. The smallest absolute Gasteiger partial charge is 0.259 e. The molecule has 0 radical (unpaired) electrons. The Hall–Kier alpha value is -2.39. The number of amides is 1. The molecule has 0 atom stereocenters. The summed E-state index contributed by atoms with van der Waals surface area (Å²) in [6, 6.07) is 5.90. The van der Waals surface area contributed by atoms with Crippen LogP contribution in [0.3, 0.4) is 0 Å². The average molecular weight is 456 g/mol. The molecule has 0 saturated carbocycles. The zero-order valence-corrected chi connectivity index (χ0v) is 18.9. The van der Waals surface area contributed by atoms with Gasteiger partial charge >= 0.3 is 0 Å². The maximum absolute atomic E-state index is 12.6. The van der Waals surface area contributed by atoms with Crippen molar-refractivity contribution in [3.63, 3.8) is 0 Å². The number of aryl methyl sites for hydroxylation is 2. The van der Waals surface area contributed by atoms with Crippen LogP contribution in [0.1, 0.15) is 29.1 Å². The summed E-state index contributed by atoms with van der Waals surface area (Å²) in [5.41, 5.74) is 1.18. The van der Waals surface area contributed by atoms with Gasteiger partial charge in [-0.1, -0.05) is 6.07 Å². The minimum absolute atomic E-state index is 0.0306. The van der Waals surface area contributed by atoms with Crippen LogP contribution in [0.4, 0.5) is 5.82 Å². The molecular formula is C22H25N5O2S2. The van der Waals surface area contributed by atoms with Crippen LogP contribution in [0.2, 0.25) is 0 Å². The van der Waals surface area contributed by atoms with E-state index < -0.39 is 0 Å². The first-order chi connectivity index (χ1) is 15.2. The summed E-state index contributed by atoms with van der Waals surface area (Å²) in [4.78, 5) is 43.6. The third-order valence-electron chi connectivity index (χ3n) is 5.94. The van der Waals surface area contributed by atoms with Gasteiger partial charge in [0.05, 0.1) is 16.9 Å². The molecule has 9 heteroatoms. The van der Waals surface area contributed by atoms with E-state index >= 15 is 0 Å². The fraction of sp³-hybridized carbons (Fsp3) is 0.455. The minimum atomic E-state index is -0.0306. The molecular weight excluding hydrogens is 430 g/mol. The number of hydrogen-bond acceptors (Lipinski definition) is 7. The van der Waals surface area contributed by atoms with Gasteiger partial charge < -0.3 is 14.8 Å². The monoisotopic (exact) mass is 455 g/mol. The maximum Gasteiger partial charge on any atom is 0.259 e. The predicted octanol–water partition coefficient (Wildman–Crippen LogP) is 2.84. The first-order valence-electron chi connectivity index (χ1n) is 10.7. The van der Waals surface area contributed by atoms with Crippen LogP contribution in [0.25, 0.3) is 10.2 Å². The fourth-order valence-corrected chi connectivity index (χ4v) is 6.40. The Morgan fingerprint density at radius 3 is 2.81 bits per heavy atom. The van der Waals surface area contributed by atoms with Crippen LogP contribution in [0.5, 0.6) is 0 Å². The first-order valence-corrected chi connectivity index (χ1v) is 12.7. The van der Waals surface area contributed by atoms with Crippen molar-refractivity contribution in [1.29, 1.82) is 0 Å². The van der Waals surface area contributed by atoms with E-state index in [-0.39, 0.29) is 11.5 Å². The Bertz CT molecular complexity index is 1140. The Morgan fingerprint density at radius 2 is 2.00 bits per heavy atom. The molecule has 0 bridgehead atoms. The number of rotatable bonds is 5. The largest absolute Gasteiger partial charge is 0.353 e. The second-order valence-electron chi connectivity index (χ2n) is 7.95. The second-order valence-corrected chi connectivity index (χ2v) is 10.0. The van der Waals surface area contributed by atoms with Crippen molar-refractivity contribution in [2.24, 2.45) is 0 Å². The molecule has 5 rings (SSSR count). The van der Waals surface area contributed by atoms with Crippen molar-refractivity contribution in [3.05, 3.63) is 51.0 Å². The van der Waals surface area contributed by atoms with E-state index in [0.29, 0.717) is 30.4 Å². The van der Waals surface area contributed by atoms with E-state index in [1.807, 2.05) is 23.1 Å². The lowest BCUT2D eigenvalue weighted by atomic mass is 9.97. The van der Waals surface area contributed by atoms with Gasteiger partial charge in [-0.05, 0) is 43.4 Å². The highest BCUT2D eigenvalue weighted by Crippen LogP contribution is 2.33. The summed E-state index contributed by atoms with van der Waals surface area (Å²) in [5, 5.41) is 0.787. The fourth-order valence-electron chi connectivity index (χ4n) is 4.33. The number of thioether (sulfide) groups is 1.